The Kier molecular flexibility index (Phi) is 7.57. The highest BCUT2D eigenvalue weighted by Gasteiger charge is 2.43. The van der Waals surface area contributed by atoms with Gasteiger partial charge in [-0.1, -0.05) is 24.2 Å². The first-order chi connectivity index (χ1) is 20.9. The highest BCUT2D eigenvalue weighted by Crippen LogP contribution is 2.44. The van der Waals surface area contributed by atoms with Crippen LogP contribution in [0, 0.1) is 12.7 Å². The number of nitrogens with zero attached hydrogens (tertiary/aromatic N) is 6. The summed E-state index contributed by atoms with van der Waals surface area (Å²) in [7, 11) is 0. The van der Waals surface area contributed by atoms with Gasteiger partial charge in [-0.15, -0.1) is 0 Å². The fourth-order valence-electron chi connectivity index (χ4n) is 6.12. The summed E-state index contributed by atoms with van der Waals surface area (Å²) in [5.41, 5.74) is 8.10. The van der Waals surface area contributed by atoms with E-state index in [2.05, 4.69) is 26.7 Å². The van der Waals surface area contributed by atoms with E-state index < -0.39 is 11.7 Å². The second-order valence-electron chi connectivity index (χ2n) is 11.5. The number of aromatic amines is 1. The number of rotatable bonds is 7. The van der Waals surface area contributed by atoms with Crippen molar-refractivity contribution in [2.75, 3.05) is 50.0 Å². The SMILES string of the molecule is C=CC(=O)N1C[C@H](C)N(c2nc(OCCN3CC(F)(F)C3)nc3c(F)c(-c4c(C)ccc5[nH]nc(N)c45)c(Cl)cc23)C[C@H]1C. The molecule has 14 heteroatoms. The standard InChI is InChI=1S/C30H32ClF3N8O2/c1-5-21(43)41-11-17(4)42(12-16(41)3)28-18-10-19(31)23(22-15(2)6-7-20-24(22)27(35)39-38-20)25(32)26(18)36-29(37-28)44-9-8-40-13-30(33,34)14-40/h5-7,10,16-17H,1,8-9,11-14H2,2-4H3,(H3,35,38,39)/t16-,17+/m1/s1. The summed E-state index contributed by atoms with van der Waals surface area (Å²) in [6.07, 6.45) is 1.28. The van der Waals surface area contributed by atoms with Crippen molar-refractivity contribution in [2.45, 2.75) is 38.8 Å². The van der Waals surface area contributed by atoms with Gasteiger partial charge in [-0.3, -0.25) is 14.8 Å². The largest absolute Gasteiger partial charge is 0.462 e. The van der Waals surface area contributed by atoms with Crippen LogP contribution >= 0.6 is 11.6 Å². The fourth-order valence-corrected chi connectivity index (χ4v) is 6.40. The molecule has 6 rings (SSSR count). The minimum Gasteiger partial charge on any atom is -0.462 e. The van der Waals surface area contributed by atoms with Gasteiger partial charge in [0.25, 0.3) is 5.92 Å². The summed E-state index contributed by atoms with van der Waals surface area (Å²) in [6.45, 7) is 9.62. The molecule has 44 heavy (non-hydrogen) atoms. The smallest absolute Gasteiger partial charge is 0.319 e. The lowest BCUT2D eigenvalue weighted by Crippen LogP contribution is -2.58. The Labute approximate surface area is 256 Å². The second kappa shape index (κ2) is 11.1. The number of alkyl halides is 2. The number of piperazine rings is 1. The average molecular weight is 629 g/mol. The molecule has 0 bridgehead atoms. The Hall–Kier alpha value is -4.10. The van der Waals surface area contributed by atoms with Gasteiger partial charge in [0.05, 0.1) is 29.0 Å². The summed E-state index contributed by atoms with van der Waals surface area (Å²) in [6, 6.07) is 4.74. The number of fused-ring (bicyclic) bond motifs is 2. The molecule has 2 fully saturated rings. The van der Waals surface area contributed by atoms with Crippen LogP contribution in [0.5, 0.6) is 6.01 Å². The van der Waals surface area contributed by atoms with E-state index in [-0.39, 0.29) is 72.2 Å². The van der Waals surface area contributed by atoms with Crippen LogP contribution in [0.2, 0.25) is 5.02 Å². The van der Waals surface area contributed by atoms with E-state index in [1.54, 1.807) is 15.9 Å². The second-order valence-corrected chi connectivity index (χ2v) is 11.9. The number of anilines is 2. The Morgan fingerprint density at radius 2 is 1.98 bits per heavy atom. The minimum atomic E-state index is -2.70. The average Bonchev–Trinajstić information content (AvgIpc) is 3.34. The lowest BCUT2D eigenvalue weighted by atomic mass is 9.94. The molecule has 3 N–H and O–H groups in total. The summed E-state index contributed by atoms with van der Waals surface area (Å²) in [5, 5.41) is 7.97. The number of H-pyrrole nitrogens is 1. The number of aromatic nitrogens is 4. The summed E-state index contributed by atoms with van der Waals surface area (Å²) in [4.78, 5) is 26.8. The fraction of sp³-hybridized carbons (Fsp3) is 0.400. The molecule has 4 aromatic rings. The monoisotopic (exact) mass is 628 g/mol. The van der Waals surface area contributed by atoms with Crippen LogP contribution in [0.4, 0.5) is 24.8 Å². The zero-order chi connectivity index (χ0) is 31.5. The van der Waals surface area contributed by atoms with Crippen molar-refractivity contribution < 1.29 is 22.7 Å². The first kappa shape index (κ1) is 29.9. The zero-order valence-electron chi connectivity index (χ0n) is 24.5. The molecule has 0 unspecified atom stereocenters. The maximum Gasteiger partial charge on any atom is 0.319 e. The Bertz CT molecular complexity index is 1790. The van der Waals surface area contributed by atoms with Crippen LogP contribution in [0.3, 0.4) is 0 Å². The first-order valence-electron chi connectivity index (χ1n) is 14.2. The number of benzene rings is 2. The molecule has 2 aromatic carbocycles. The molecule has 4 heterocycles. The lowest BCUT2D eigenvalue weighted by molar-refractivity contribution is -0.132. The molecule has 2 atom stereocenters. The number of ether oxygens (including phenoxy) is 1. The molecule has 10 nitrogen and oxygen atoms in total. The third kappa shape index (κ3) is 5.17. The zero-order valence-corrected chi connectivity index (χ0v) is 25.3. The number of nitrogens with one attached hydrogen (secondary N) is 1. The third-order valence-electron chi connectivity index (χ3n) is 8.32. The maximum absolute atomic E-state index is 16.8. The van der Waals surface area contributed by atoms with Gasteiger partial charge in [-0.2, -0.15) is 15.1 Å². The molecule has 2 aliphatic heterocycles. The quantitative estimate of drug-likeness (QED) is 0.281. The van der Waals surface area contributed by atoms with Crippen molar-refractivity contribution in [1.82, 2.24) is 30.0 Å². The maximum atomic E-state index is 16.8. The first-order valence-corrected chi connectivity index (χ1v) is 14.6. The number of hydrogen-bond donors (Lipinski definition) is 2. The lowest BCUT2D eigenvalue weighted by Gasteiger charge is -2.44. The Balaban J connectivity index is 1.47. The molecule has 2 aliphatic rings. The molecule has 0 aliphatic carbocycles. The van der Waals surface area contributed by atoms with E-state index in [0.717, 1.165) is 5.56 Å². The third-order valence-corrected chi connectivity index (χ3v) is 8.62. The topological polar surface area (TPSA) is 116 Å². The van der Waals surface area contributed by atoms with Crippen molar-refractivity contribution in [1.29, 1.82) is 0 Å². The number of nitrogens with two attached hydrogens (primary N) is 1. The molecule has 232 valence electrons. The Morgan fingerprint density at radius 3 is 2.68 bits per heavy atom. The molecule has 0 spiro atoms. The van der Waals surface area contributed by atoms with E-state index in [4.69, 9.17) is 22.1 Å². The molecular weight excluding hydrogens is 597 g/mol. The predicted octanol–water partition coefficient (Wildman–Crippen LogP) is 4.80. The van der Waals surface area contributed by atoms with Gasteiger partial charge in [-0.05, 0) is 44.5 Å². The van der Waals surface area contributed by atoms with Gasteiger partial charge in [0.1, 0.15) is 17.9 Å². The molecular formula is C30H32ClF3N8O2. The van der Waals surface area contributed by atoms with Gasteiger partial charge in [0, 0.05) is 48.2 Å². The molecule has 0 radical (unpaired) electrons. The molecule has 1 amide bonds. The van der Waals surface area contributed by atoms with E-state index in [9.17, 15) is 13.6 Å². The van der Waals surface area contributed by atoms with Gasteiger partial charge in [-0.25, -0.2) is 13.2 Å². The van der Waals surface area contributed by atoms with E-state index in [1.165, 1.54) is 6.08 Å². The van der Waals surface area contributed by atoms with Crippen LogP contribution in [0.15, 0.2) is 30.9 Å². The van der Waals surface area contributed by atoms with Gasteiger partial charge < -0.3 is 20.3 Å². The van der Waals surface area contributed by atoms with Crippen molar-refractivity contribution in [3.8, 4) is 17.1 Å². The normalized spacial score (nSPS) is 20.2. The van der Waals surface area contributed by atoms with Crippen LogP contribution in [0.1, 0.15) is 19.4 Å². The predicted molar refractivity (Wildman–Crippen MR) is 164 cm³/mol. The van der Waals surface area contributed by atoms with E-state index in [1.807, 2.05) is 37.8 Å². The number of carbonyl (C=O) groups is 1. The number of aryl methyl sites for hydroxylation is 1. The van der Waals surface area contributed by atoms with Crippen LogP contribution < -0.4 is 15.4 Å². The van der Waals surface area contributed by atoms with Crippen LogP contribution in [-0.4, -0.2) is 93.2 Å². The van der Waals surface area contributed by atoms with Gasteiger partial charge in [0.15, 0.2) is 11.6 Å². The summed E-state index contributed by atoms with van der Waals surface area (Å²) < 4.78 is 49.3. The van der Waals surface area contributed by atoms with Crippen LogP contribution in [0.25, 0.3) is 32.9 Å². The summed E-state index contributed by atoms with van der Waals surface area (Å²) in [5.74, 6) is -2.99. The molecule has 0 saturated carbocycles. The van der Waals surface area contributed by atoms with Crippen molar-refractivity contribution in [2.24, 2.45) is 0 Å². The number of amides is 1. The van der Waals surface area contributed by atoms with E-state index >= 15 is 4.39 Å². The number of carbonyl (C=O) groups excluding carboxylic acids is 1. The van der Waals surface area contributed by atoms with Crippen molar-refractivity contribution in [3.63, 3.8) is 0 Å². The van der Waals surface area contributed by atoms with Gasteiger partial charge in [0.2, 0.25) is 5.91 Å². The number of halogens is 4. The highest BCUT2D eigenvalue weighted by atomic mass is 35.5. The van der Waals surface area contributed by atoms with Gasteiger partial charge >= 0.3 is 6.01 Å². The minimum absolute atomic E-state index is 0.0252. The Morgan fingerprint density at radius 1 is 1.23 bits per heavy atom. The molecule has 2 aromatic heterocycles. The van der Waals surface area contributed by atoms with E-state index in [0.29, 0.717) is 40.8 Å². The van der Waals surface area contributed by atoms with Crippen LogP contribution in [-0.2, 0) is 4.79 Å². The highest BCUT2D eigenvalue weighted by molar-refractivity contribution is 6.35. The molecule has 2 saturated heterocycles. The number of likely N-dealkylation sites (tertiary alicyclic amines) is 1. The number of nitrogen functional groups attached to an aromatic ring is 1. The number of hydrogen-bond acceptors (Lipinski definition) is 8. The summed E-state index contributed by atoms with van der Waals surface area (Å²) >= 11 is 6.85. The van der Waals surface area contributed by atoms with Crippen molar-refractivity contribution >= 4 is 50.9 Å². The van der Waals surface area contributed by atoms with Crippen molar-refractivity contribution in [3.05, 3.63) is 47.3 Å².